The molecule has 0 aliphatic rings. The van der Waals surface area contributed by atoms with Gasteiger partial charge in [-0.1, -0.05) is 12.1 Å². The summed E-state index contributed by atoms with van der Waals surface area (Å²) >= 11 is 0. The van der Waals surface area contributed by atoms with Crippen molar-refractivity contribution in [1.82, 2.24) is 5.32 Å². The van der Waals surface area contributed by atoms with Crippen LogP contribution in [-0.2, 0) is 0 Å². The monoisotopic (exact) mass is 239 g/mol. The Morgan fingerprint density at radius 2 is 2.18 bits per heavy atom. The lowest BCUT2D eigenvalue weighted by Gasteiger charge is -2.20. The minimum Gasteiger partial charge on any atom is -0.497 e. The highest BCUT2D eigenvalue weighted by Crippen LogP contribution is 2.21. The van der Waals surface area contributed by atoms with E-state index in [4.69, 9.17) is 9.84 Å². The Morgan fingerprint density at radius 1 is 1.41 bits per heavy atom. The first-order chi connectivity index (χ1) is 8.19. The van der Waals surface area contributed by atoms with E-state index in [1.807, 2.05) is 31.2 Å². The average Bonchev–Trinajstić information content (AvgIpc) is 2.38. The van der Waals surface area contributed by atoms with E-state index in [2.05, 4.69) is 5.32 Å². The molecular weight excluding hydrogens is 218 g/mol. The zero-order valence-electron chi connectivity index (χ0n) is 10.4. The van der Waals surface area contributed by atoms with Crippen LogP contribution < -0.4 is 10.1 Å². The van der Waals surface area contributed by atoms with Gasteiger partial charge in [-0.05, 0) is 37.6 Å². The number of aliphatic hydroxyl groups is 2. The molecule has 17 heavy (non-hydrogen) atoms. The second-order valence-corrected chi connectivity index (χ2v) is 4.04. The summed E-state index contributed by atoms with van der Waals surface area (Å²) in [6.45, 7) is 2.77. The molecule has 0 saturated heterocycles. The molecule has 2 unspecified atom stereocenters. The van der Waals surface area contributed by atoms with Gasteiger partial charge in [0.1, 0.15) is 5.75 Å². The second kappa shape index (κ2) is 7.27. The number of rotatable bonds is 7. The van der Waals surface area contributed by atoms with Gasteiger partial charge in [-0.3, -0.25) is 0 Å². The van der Waals surface area contributed by atoms with Crippen molar-refractivity contribution in [1.29, 1.82) is 0 Å². The smallest absolute Gasteiger partial charge is 0.119 e. The van der Waals surface area contributed by atoms with E-state index < -0.39 is 6.10 Å². The van der Waals surface area contributed by atoms with Crippen LogP contribution in [0.4, 0.5) is 0 Å². The zero-order valence-corrected chi connectivity index (χ0v) is 10.4. The quantitative estimate of drug-likeness (QED) is 0.623. The van der Waals surface area contributed by atoms with Crippen LogP contribution in [-0.4, -0.2) is 36.5 Å². The SMILES string of the molecule is COc1cccc(C(O)C(C)NCCCO)c1. The fraction of sp³-hybridized carbons (Fsp3) is 0.538. The maximum absolute atomic E-state index is 10.1. The summed E-state index contributed by atoms with van der Waals surface area (Å²) in [5.41, 5.74) is 0.827. The predicted molar refractivity (Wildman–Crippen MR) is 67.1 cm³/mol. The lowest BCUT2D eigenvalue weighted by Crippen LogP contribution is -2.33. The van der Waals surface area contributed by atoms with Crippen molar-refractivity contribution in [3.63, 3.8) is 0 Å². The fourth-order valence-electron chi connectivity index (χ4n) is 1.63. The van der Waals surface area contributed by atoms with E-state index in [1.165, 1.54) is 0 Å². The van der Waals surface area contributed by atoms with Gasteiger partial charge in [0.15, 0.2) is 0 Å². The summed E-state index contributed by atoms with van der Waals surface area (Å²) in [6.07, 6.45) is 0.110. The Labute approximate surface area is 102 Å². The topological polar surface area (TPSA) is 61.7 Å². The van der Waals surface area contributed by atoms with Crippen molar-refractivity contribution >= 4 is 0 Å². The van der Waals surface area contributed by atoms with Crippen molar-refractivity contribution in [2.45, 2.75) is 25.5 Å². The summed E-state index contributed by atoms with van der Waals surface area (Å²) in [6, 6.07) is 7.35. The Kier molecular flexibility index (Phi) is 5.97. The van der Waals surface area contributed by atoms with Crippen LogP contribution in [0.15, 0.2) is 24.3 Å². The first kappa shape index (κ1) is 14.0. The van der Waals surface area contributed by atoms with E-state index in [-0.39, 0.29) is 12.6 Å². The molecule has 1 aromatic carbocycles. The van der Waals surface area contributed by atoms with Crippen LogP contribution in [0.1, 0.15) is 25.0 Å². The van der Waals surface area contributed by atoms with E-state index in [0.29, 0.717) is 13.0 Å². The van der Waals surface area contributed by atoms with Gasteiger partial charge < -0.3 is 20.3 Å². The van der Waals surface area contributed by atoms with Crippen LogP contribution in [0.25, 0.3) is 0 Å². The number of hydrogen-bond donors (Lipinski definition) is 3. The number of ether oxygens (including phenoxy) is 1. The molecule has 0 saturated carbocycles. The van der Waals surface area contributed by atoms with E-state index in [9.17, 15) is 5.11 Å². The molecule has 0 aliphatic carbocycles. The van der Waals surface area contributed by atoms with Crippen LogP contribution in [0, 0.1) is 0 Å². The number of aliphatic hydroxyl groups excluding tert-OH is 2. The Morgan fingerprint density at radius 3 is 2.82 bits per heavy atom. The van der Waals surface area contributed by atoms with Crippen molar-refractivity contribution in [3.8, 4) is 5.75 Å². The molecule has 0 heterocycles. The van der Waals surface area contributed by atoms with Crippen LogP contribution in [0.2, 0.25) is 0 Å². The standard InChI is InChI=1S/C13H21NO3/c1-10(14-7-4-8-15)13(16)11-5-3-6-12(9-11)17-2/h3,5-6,9-10,13-16H,4,7-8H2,1-2H3. The predicted octanol–water partition coefficient (Wildman–Crippen LogP) is 1.09. The first-order valence-electron chi connectivity index (χ1n) is 5.85. The maximum atomic E-state index is 10.1. The van der Waals surface area contributed by atoms with E-state index in [1.54, 1.807) is 7.11 Å². The average molecular weight is 239 g/mol. The van der Waals surface area contributed by atoms with Crippen molar-refractivity contribution in [2.75, 3.05) is 20.3 Å². The summed E-state index contributed by atoms with van der Waals surface area (Å²) in [5, 5.41) is 22.0. The molecule has 1 rings (SSSR count). The minimum atomic E-state index is -0.580. The maximum Gasteiger partial charge on any atom is 0.119 e. The number of nitrogens with one attached hydrogen (secondary N) is 1. The molecule has 3 N–H and O–H groups in total. The fourth-order valence-corrected chi connectivity index (χ4v) is 1.63. The number of methoxy groups -OCH3 is 1. The Balaban J connectivity index is 2.57. The molecule has 0 bridgehead atoms. The van der Waals surface area contributed by atoms with Crippen LogP contribution >= 0.6 is 0 Å². The van der Waals surface area contributed by atoms with Crippen molar-refractivity contribution < 1.29 is 14.9 Å². The molecule has 96 valence electrons. The molecule has 0 fully saturated rings. The summed E-state index contributed by atoms with van der Waals surface area (Å²) in [4.78, 5) is 0. The summed E-state index contributed by atoms with van der Waals surface area (Å²) < 4.78 is 5.12. The van der Waals surface area contributed by atoms with Crippen molar-refractivity contribution in [3.05, 3.63) is 29.8 Å². The lowest BCUT2D eigenvalue weighted by atomic mass is 10.0. The van der Waals surface area contributed by atoms with Crippen LogP contribution in [0.5, 0.6) is 5.75 Å². The molecule has 1 aromatic rings. The minimum absolute atomic E-state index is 0.0614. The van der Waals surface area contributed by atoms with Gasteiger partial charge >= 0.3 is 0 Å². The van der Waals surface area contributed by atoms with Gasteiger partial charge in [0, 0.05) is 12.6 Å². The van der Waals surface area contributed by atoms with Gasteiger partial charge in [-0.2, -0.15) is 0 Å². The Hall–Kier alpha value is -1.10. The Bertz CT molecular complexity index is 330. The molecule has 0 radical (unpaired) electrons. The number of benzene rings is 1. The number of hydrogen-bond acceptors (Lipinski definition) is 4. The summed E-state index contributed by atoms with van der Waals surface area (Å²) in [7, 11) is 1.61. The zero-order chi connectivity index (χ0) is 12.7. The van der Waals surface area contributed by atoms with E-state index >= 15 is 0 Å². The van der Waals surface area contributed by atoms with Crippen molar-refractivity contribution in [2.24, 2.45) is 0 Å². The van der Waals surface area contributed by atoms with Gasteiger partial charge in [-0.15, -0.1) is 0 Å². The molecule has 2 atom stereocenters. The lowest BCUT2D eigenvalue weighted by molar-refractivity contribution is 0.134. The molecule has 0 aromatic heterocycles. The highest BCUT2D eigenvalue weighted by Gasteiger charge is 2.15. The second-order valence-electron chi connectivity index (χ2n) is 4.04. The largest absolute Gasteiger partial charge is 0.497 e. The van der Waals surface area contributed by atoms with Crippen LogP contribution in [0.3, 0.4) is 0 Å². The third-order valence-corrected chi connectivity index (χ3v) is 2.71. The molecule has 0 amide bonds. The normalized spacial score (nSPS) is 14.4. The van der Waals surface area contributed by atoms with Gasteiger partial charge in [0.2, 0.25) is 0 Å². The van der Waals surface area contributed by atoms with Gasteiger partial charge in [0.25, 0.3) is 0 Å². The van der Waals surface area contributed by atoms with E-state index in [0.717, 1.165) is 11.3 Å². The van der Waals surface area contributed by atoms with Gasteiger partial charge in [0.05, 0.1) is 13.2 Å². The summed E-state index contributed by atoms with van der Waals surface area (Å²) in [5.74, 6) is 0.740. The first-order valence-corrected chi connectivity index (χ1v) is 5.85. The molecular formula is C13H21NO3. The third-order valence-electron chi connectivity index (χ3n) is 2.71. The molecule has 4 heteroatoms. The molecule has 4 nitrogen and oxygen atoms in total. The molecule has 0 aliphatic heterocycles. The highest BCUT2D eigenvalue weighted by molar-refractivity contribution is 5.30. The highest BCUT2D eigenvalue weighted by atomic mass is 16.5. The van der Waals surface area contributed by atoms with Gasteiger partial charge in [-0.25, -0.2) is 0 Å². The third kappa shape index (κ3) is 4.34. The molecule has 0 spiro atoms.